The van der Waals surface area contributed by atoms with Crippen LogP contribution in [0.3, 0.4) is 0 Å². The minimum absolute atomic E-state index is 0.178. The Bertz CT molecular complexity index is 1680. The zero-order valence-electron chi connectivity index (χ0n) is 22.7. The first-order valence-corrected chi connectivity index (χ1v) is 17.5. The molecule has 0 radical (unpaired) electrons. The summed E-state index contributed by atoms with van der Waals surface area (Å²) in [5.74, 6) is -1.15. The summed E-state index contributed by atoms with van der Waals surface area (Å²) in [6, 6.07) is 15.3. The quantitative estimate of drug-likeness (QED) is 0.151. The highest BCUT2D eigenvalue weighted by Gasteiger charge is 2.41. The summed E-state index contributed by atoms with van der Waals surface area (Å²) in [6.45, 7) is 0.483. The number of benzene rings is 2. The van der Waals surface area contributed by atoms with E-state index >= 15 is 0 Å². The van der Waals surface area contributed by atoms with Crippen LogP contribution in [0.5, 0.6) is 0 Å². The molecular formula is C28H22N6O4S6. The first kappa shape index (κ1) is 30.7. The first-order chi connectivity index (χ1) is 21.3. The molecule has 2 aromatic carbocycles. The predicted molar refractivity (Wildman–Crippen MR) is 186 cm³/mol. The van der Waals surface area contributed by atoms with E-state index in [0.717, 1.165) is 44.0 Å². The number of carbonyl (C=O) groups excluding carboxylic acids is 4. The number of thiazole rings is 2. The number of carbonyl (C=O) groups is 4. The van der Waals surface area contributed by atoms with Crippen LogP contribution in [-0.4, -0.2) is 65.1 Å². The number of hydrogen-bond acceptors (Lipinski definition) is 12. The lowest BCUT2D eigenvalue weighted by molar-refractivity contribution is -0.124. The Morgan fingerprint density at radius 3 is 1.50 bits per heavy atom. The molecule has 2 aromatic heterocycles. The van der Waals surface area contributed by atoms with Crippen LogP contribution >= 0.6 is 70.6 Å². The fourth-order valence-electron chi connectivity index (χ4n) is 4.47. The molecule has 4 amide bonds. The number of aromatic nitrogens is 2. The van der Waals surface area contributed by atoms with Gasteiger partial charge in [-0.15, -0.1) is 0 Å². The highest BCUT2D eigenvalue weighted by atomic mass is 32.2. The normalized spacial score (nSPS) is 17.0. The molecule has 2 N–H and O–H groups in total. The van der Waals surface area contributed by atoms with Gasteiger partial charge in [-0.1, -0.05) is 94.9 Å². The minimum Gasteiger partial charge on any atom is -0.302 e. The third-order valence-electron chi connectivity index (χ3n) is 6.56. The average Bonchev–Trinajstić information content (AvgIpc) is 3.73. The number of thioether (sulfide) groups is 2. The predicted octanol–water partition coefficient (Wildman–Crippen LogP) is 5.98. The van der Waals surface area contributed by atoms with Crippen molar-refractivity contribution in [1.29, 1.82) is 0 Å². The van der Waals surface area contributed by atoms with Crippen molar-refractivity contribution in [1.82, 2.24) is 19.8 Å². The number of thiocarbonyl (C=S) groups is 2. The first-order valence-electron chi connectivity index (χ1n) is 13.4. The zero-order chi connectivity index (χ0) is 30.8. The van der Waals surface area contributed by atoms with E-state index in [1.54, 1.807) is 0 Å². The highest BCUT2D eigenvalue weighted by molar-refractivity contribution is 8.29. The molecule has 0 aliphatic carbocycles. The molecule has 224 valence electrons. The maximum atomic E-state index is 13.2. The SMILES string of the molecule is O=C(CCCN1C(=O)C(=C2SC(=S)N(CCCC(=O)Nc3nc4ccccc4s3)C2=O)SC1=S)Nc1nc2ccccc2s1. The molecule has 2 aliphatic heterocycles. The number of para-hydroxylation sites is 2. The average molecular weight is 699 g/mol. The number of fused-ring (bicyclic) bond motifs is 2. The molecule has 10 nitrogen and oxygen atoms in total. The topological polar surface area (TPSA) is 125 Å². The Balaban J connectivity index is 0.987. The van der Waals surface area contributed by atoms with Gasteiger partial charge < -0.3 is 10.6 Å². The highest BCUT2D eigenvalue weighted by Crippen LogP contribution is 2.42. The fraction of sp³-hybridized carbons (Fsp3) is 0.214. The Labute approximate surface area is 278 Å². The summed E-state index contributed by atoms with van der Waals surface area (Å²) >= 11 is 15.8. The molecule has 6 rings (SSSR count). The van der Waals surface area contributed by atoms with E-state index < -0.39 is 0 Å². The smallest absolute Gasteiger partial charge is 0.267 e. The second-order valence-electron chi connectivity index (χ2n) is 9.58. The minimum atomic E-state index is -0.373. The molecule has 4 aromatic rings. The van der Waals surface area contributed by atoms with Crippen molar-refractivity contribution in [3.63, 3.8) is 0 Å². The Kier molecular flexibility index (Phi) is 9.34. The van der Waals surface area contributed by atoms with E-state index in [4.69, 9.17) is 24.4 Å². The number of rotatable bonds is 10. The molecule has 44 heavy (non-hydrogen) atoms. The number of anilines is 2. The van der Waals surface area contributed by atoms with E-state index in [1.165, 1.54) is 32.5 Å². The standard InChI is InChI=1S/C28H22N6O4S6/c35-19(31-25-29-15-7-1-3-9-17(15)41-25)11-5-13-33-23(37)21(43-27(33)39)22-24(38)34(28(40)44-22)14-6-12-20(36)32-26-30-16-8-2-4-10-18(16)42-26/h1-4,7-10H,5-6,11-14H2,(H,29,31,35)(H,30,32,36). The lowest BCUT2D eigenvalue weighted by atomic mass is 10.2. The fourth-order valence-corrected chi connectivity index (χ4v) is 9.00. The van der Waals surface area contributed by atoms with Crippen LogP contribution in [0.2, 0.25) is 0 Å². The molecule has 2 aliphatic rings. The van der Waals surface area contributed by atoms with Gasteiger partial charge in [0.05, 0.1) is 30.2 Å². The van der Waals surface area contributed by atoms with Crippen molar-refractivity contribution in [2.24, 2.45) is 0 Å². The molecule has 0 unspecified atom stereocenters. The van der Waals surface area contributed by atoms with Crippen molar-refractivity contribution < 1.29 is 19.2 Å². The molecule has 2 fully saturated rings. The Morgan fingerprint density at radius 1 is 0.682 bits per heavy atom. The van der Waals surface area contributed by atoms with Gasteiger partial charge in [0, 0.05) is 25.9 Å². The van der Waals surface area contributed by atoms with Crippen LogP contribution in [0.4, 0.5) is 10.3 Å². The van der Waals surface area contributed by atoms with E-state index in [9.17, 15) is 19.2 Å². The van der Waals surface area contributed by atoms with Gasteiger partial charge >= 0.3 is 0 Å². The van der Waals surface area contributed by atoms with Crippen molar-refractivity contribution in [3.05, 3.63) is 58.3 Å². The van der Waals surface area contributed by atoms with Gasteiger partial charge in [-0.2, -0.15) is 0 Å². The van der Waals surface area contributed by atoms with Crippen molar-refractivity contribution >= 4 is 134 Å². The third-order valence-corrected chi connectivity index (χ3v) is 11.5. The van der Waals surface area contributed by atoms with Crippen molar-refractivity contribution in [3.8, 4) is 0 Å². The monoisotopic (exact) mass is 698 g/mol. The summed E-state index contributed by atoms with van der Waals surface area (Å²) in [4.78, 5) is 63.6. The van der Waals surface area contributed by atoms with Crippen LogP contribution < -0.4 is 10.6 Å². The van der Waals surface area contributed by atoms with Crippen LogP contribution in [0.1, 0.15) is 25.7 Å². The number of nitrogens with zero attached hydrogens (tertiary/aromatic N) is 4. The second-order valence-corrected chi connectivity index (χ2v) is 14.9. The van der Waals surface area contributed by atoms with Gasteiger partial charge in [0.25, 0.3) is 11.8 Å². The van der Waals surface area contributed by atoms with Gasteiger partial charge in [0.2, 0.25) is 11.8 Å². The maximum absolute atomic E-state index is 13.2. The van der Waals surface area contributed by atoms with Crippen LogP contribution in [0.15, 0.2) is 58.3 Å². The van der Waals surface area contributed by atoms with E-state index in [-0.39, 0.29) is 59.4 Å². The zero-order valence-corrected chi connectivity index (χ0v) is 27.6. The van der Waals surface area contributed by atoms with Gasteiger partial charge in [-0.25, -0.2) is 9.97 Å². The van der Waals surface area contributed by atoms with Gasteiger partial charge in [0.1, 0.15) is 8.64 Å². The molecule has 2 saturated heterocycles. The molecule has 0 atom stereocenters. The van der Waals surface area contributed by atoms with Gasteiger partial charge in [0.15, 0.2) is 10.3 Å². The Hall–Kier alpha value is -3.28. The van der Waals surface area contributed by atoms with Crippen LogP contribution in [0.25, 0.3) is 20.4 Å². The molecule has 16 heteroatoms. The summed E-state index contributed by atoms with van der Waals surface area (Å²) < 4.78 is 2.62. The lowest BCUT2D eigenvalue weighted by Crippen LogP contribution is -2.31. The summed E-state index contributed by atoms with van der Waals surface area (Å²) in [5, 5.41) is 6.67. The molecular weight excluding hydrogens is 677 g/mol. The number of nitrogens with one attached hydrogen (secondary N) is 2. The van der Waals surface area contributed by atoms with Crippen LogP contribution in [0, 0.1) is 0 Å². The van der Waals surface area contributed by atoms with Crippen molar-refractivity contribution in [2.75, 3.05) is 23.7 Å². The number of hydrogen-bond donors (Lipinski definition) is 2. The largest absolute Gasteiger partial charge is 0.302 e. The summed E-state index contributed by atoms with van der Waals surface area (Å²) in [6.07, 6.45) is 1.13. The van der Waals surface area contributed by atoms with Gasteiger partial charge in [-0.05, 0) is 37.1 Å². The molecule has 4 heterocycles. The maximum Gasteiger partial charge on any atom is 0.267 e. The lowest BCUT2D eigenvalue weighted by Gasteiger charge is -2.14. The Morgan fingerprint density at radius 2 is 1.09 bits per heavy atom. The third kappa shape index (κ3) is 6.69. The van der Waals surface area contributed by atoms with E-state index in [2.05, 4.69) is 20.6 Å². The van der Waals surface area contributed by atoms with Crippen molar-refractivity contribution in [2.45, 2.75) is 25.7 Å². The summed E-state index contributed by atoms with van der Waals surface area (Å²) in [5.41, 5.74) is 1.64. The molecule has 0 saturated carbocycles. The molecule has 0 spiro atoms. The number of amides is 4. The summed E-state index contributed by atoms with van der Waals surface area (Å²) in [7, 11) is 0. The molecule has 0 bridgehead atoms. The van der Waals surface area contributed by atoms with Gasteiger partial charge in [-0.3, -0.25) is 29.0 Å². The van der Waals surface area contributed by atoms with E-state index in [1.807, 2.05) is 48.5 Å². The van der Waals surface area contributed by atoms with Crippen LogP contribution in [-0.2, 0) is 19.2 Å². The van der Waals surface area contributed by atoms with E-state index in [0.29, 0.717) is 31.7 Å². The second kappa shape index (κ2) is 13.4.